The summed E-state index contributed by atoms with van der Waals surface area (Å²) in [5, 5.41) is 7.48. The Balaban J connectivity index is 1.21. The molecule has 0 bridgehead atoms. The van der Waals surface area contributed by atoms with E-state index in [-0.39, 0.29) is 0 Å². The molecule has 0 aliphatic heterocycles. The van der Waals surface area contributed by atoms with E-state index in [2.05, 4.69) is 195 Å². The summed E-state index contributed by atoms with van der Waals surface area (Å²) in [7, 11) is 0. The van der Waals surface area contributed by atoms with Crippen molar-refractivity contribution in [2.45, 2.75) is 26.7 Å². The van der Waals surface area contributed by atoms with E-state index in [9.17, 15) is 0 Å². The van der Waals surface area contributed by atoms with E-state index in [0.717, 1.165) is 35.6 Å². The van der Waals surface area contributed by atoms with Gasteiger partial charge >= 0.3 is 0 Å². The van der Waals surface area contributed by atoms with Gasteiger partial charge in [-0.15, -0.1) is 0 Å². The quantitative estimate of drug-likeness (QED) is 0.171. The Morgan fingerprint density at radius 2 is 1.02 bits per heavy atom. The average Bonchev–Trinajstić information content (AvgIpc) is 3.24. The highest BCUT2D eigenvalue weighted by atomic mass is 15.1. The first-order chi connectivity index (χ1) is 27.1. The van der Waals surface area contributed by atoms with Crippen molar-refractivity contribution >= 4 is 55.5 Å². The van der Waals surface area contributed by atoms with Crippen LogP contribution in [0.15, 0.2) is 176 Å². The summed E-state index contributed by atoms with van der Waals surface area (Å²) in [6.45, 7) is 4.44. The lowest BCUT2D eigenvalue weighted by molar-refractivity contribution is 0.989. The van der Waals surface area contributed by atoms with Gasteiger partial charge in [0.2, 0.25) is 0 Å². The van der Waals surface area contributed by atoms with Gasteiger partial charge in [0.1, 0.15) is 0 Å². The molecule has 0 saturated carbocycles. The van der Waals surface area contributed by atoms with Crippen LogP contribution in [0, 0.1) is 13.8 Å². The van der Waals surface area contributed by atoms with Crippen molar-refractivity contribution in [3.05, 3.63) is 198 Å². The van der Waals surface area contributed by atoms with E-state index in [0.29, 0.717) is 0 Å². The molecule has 1 aliphatic carbocycles. The third-order valence-electron chi connectivity index (χ3n) is 11.4. The summed E-state index contributed by atoms with van der Waals surface area (Å²) in [4.78, 5) is 7.52. The molecule has 0 spiro atoms. The molecule has 0 amide bonds. The van der Waals surface area contributed by atoms with E-state index in [1.807, 2.05) is 6.20 Å². The molecule has 2 nitrogen and oxygen atoms in total. The minimum atomic E-state index is 0.977. The second kappa shape index (κ2) is 13.6. The average molecular weight is 705 g/mol. The largest absolute Gasteiger partial charge is 0.310 e. The third-order valence-corrected chi connectivity index (χ3v) is 11.4. The summed E-state index contributed by atoms with van der Waals surface area (Å²) in [5.74, 6) is 0. The van der Waals surface area contributed by atoms with Crippen LogP contribution >= 0.6 is 0 Å². The summed E-state index contributed by atoms with van der Waals surface area (Å²) in [6, 6.07) is 60.0. The highest BCUT2D eigenvalue weighted by Crippen LogP contribution is 2.44. The number of nitrogens with zero attached hydrogens (tertiary/aromatic N) is 2. The molecule has 0 radical (unpaired) electrons. The molecule has 2 heteroatoms. The number of allylic oxidation sites excluding steroid dienone is 1. The SMILES string of the molecule is Cc1ccc(N(c2ccnc(-c3c4c(cc5ccccc35)CCC=C4)c2)c2ccc(C)c(-c3cccc4ccccc34)c2)cc1-c1cccc2ccccc12. The van der Waals surface area contributed by atoms with Crippen LogP contribution in [0.1, 0.15) is 28.7 Å². The standard InChI is InChI=1S/C53H40N2/c1-35-25-27-41(32-50(35)48-23-11-17-37-13-3-7-19-44(37)48)55(42-28-26-36(2)51(33-42)49-24-12-18-38-14-4-8-20-45(38)49)43-29-30-54-52(34-43)53-46-21-9-5-15-39(46)31-40-16-6-10-22-47(40)53/h3-5,7-15,17-34H,6,16H2,1-2H3. The van der Waals surface area contributed by atoms with Crippen molar-refractivity contribution in [1.82, 2.24) is 4.98 Å². The molecule has 0 unspecified atom stereocenters. The normalized spacial score (nSPS) is 12.3. The van der Waals surface area contributed by atoms with Gasteiger partial charge in [0, 0.05) is 28.8 Å². The van der Waals surface area contributed by atoms with Crippen LogP contribution in [-0.2, 0) is 6.42 Å². The molecule has 1 aliphatic rings. The smallest absolute Gasteiger partial charge is 0.0735 e. The fourth-order valence-corrected chi connectivity index (χ4v) is 8.68. The number of aromatic nitrogens is 1. The number of anilines is 3. The fourth-order valence-electron chi connectivity index (χ4n) is 8.68. The molecule has 0 saturated heterocycles. The second-order valence-electron chi connectivity index (χ2n) is 14.8. The van der Waals surface area contributed by atoms with E-state index < -0.39 is 0 Å². The van der Waals surface area contributed by atoms with Gasteiger partial charge in [0.15, 0.2) is 0 Å². The lowest BCUT2D eigenvalue weighted by Crippen LogP contribution is -2.11. The number of hydrogen-bond donors (Lipinski definition) is 0. The molecule has 8 aromatic carbocycles. The van der Waals surface area contributed by atoms with Crippen molar-refractivity contribution in [2.75, 3.05) is 4.90 Å². The Hall–Kier alpha value is -6.77. The molecular weight excluding hydrogens is 665 g/mol. The summed E-state index contributed by atoms with van der Waals surface area (Å²) >= 11 is 0. The first-order valence-corrected chi connectivity index (χ1v) is 19.3. The maximum Gasteiger partial charge on any atom is 0.0735 e. The van der Waals surface area contributed by atoms with Gasteiger partial charge in [-0.1, -0.05) is 140 Å². The van der Waals surface area contributed by atoms with Crippen molar-refractivity contribution in [2.24, 2.45) is 0 Å². The van der Waals surface area contributed by atoms with E-state index in [1.165, 1.54) is 82.4 Å². The summed E-state index contributed by atoms with van der Waals surface area (Å²) in [6.07, 6.45) is 8.69. The second-order valence-corrected chi connectivity index (χ2v) is 14.8. The predicted octanol–water partition coefficient (Wildman–Crippen LogP) is 14.6. The third kappa shape index (κ3) is 5.79. The van der Waals surface area contributed by atoms with Gasteiger partial charge in [0.25, 0.3) is 0 Å². The number of hydrogen-bond acceptors (Lipinski definition) is 2. The maximum atomic E-state index is 5.10. The lowest BCUT2D eigenvalue weighted by atomic mass is 9.87. The van der Waals surface area contributed by atoms with Gasteiger partial charge in [-0.05, 0) is 140 Å². The van der Waals surface area contributed by atoms with E-state index in [4.69, 9.17) is 4.98 Å². The first-order valence-electron chi connectivity index (χ1n) is 19.3. The van der Waals surface area contributed by atoms with Crippen molar-refractivity contribution in [1.29, 1.82) is 0 Å². The van der Waals surface area contributed by atoms with Gasteiger partial charge in [-0.3, -0.25) is 4.98 Å². The number of benzene rings is 8. The molecule has 0 N–H and O–H groups in total. The molecular formula is C53H40N2. The fraction of sp³-hybridized carbons (Fsp3) is 0.0755. The van der Waals surface area contributed by atoms with Crippen molar-refractivity contribution in [3.8, 4) is 33.5 Å². The van der Waals surface area contributed by atoms with Crippen LogP contribution in [0.2, 0.25) is 0 Å². The van der Waals surface area contributed by atoms with Crippen molar-refractivity contribution < 1.29 is 0 Å². The first kappa shape index (κ1) is 32.8. The minimum absolute atomic E-state index is 0.977. The van der Waals surface area contributed by atoms with Crippen LogP contribution in [0.3, 0.4) is 0 Å². The molecule has 1 heterocycles. The number of fused-ring (bicyclic) bond motifs is 4. The van der Waals surface area contributed by atoms with Crippen LogP contribution in [0.5, 0.6) is 0 Å². The molecule has 0 atom stereocenters. The van der Waals surface area contributed by atoms with Gasteiger partial charge in [0.05, 0.1) is 5.69 Å². The topological polar surface area (TPSA) is 16.1 Å². The molecule has 10 rings (SSSR count). The van der Waals surface area contributed by atoms with E-state index in [1.54, 1.807) is 0 Å². The zero-order chi connectivity index (χ0) is 36.9. The van der Waals surface area contributed by atoms with Crippen LogP contribution in [-0.4, -0.2) is 4.98 Å². The monoisotopic (exact) mass is 704 g/mol. The molecule has 0 fully saturated rings. The molecule has 262 valence electrons. The van der Waals surface area contributed by atoms with Crippen LogP contribution < -0.4 is 4.90 Å². The van der Waals surface area contributed by atoms with Gasteiger partial charge < -0.3 is 4.90 Å². The Morgan fingerprint density at radius 1 is 0.473 bits per heavy atom. The predicted molar refractivity (Wildman–Crippen MR) is 235 cm³/mol. The van der Waals surface area contributed by atoms with Crippen molar-refractivity contribution in [3.63, 3.8) is 0 Å². The van der Waals surface area contributed by atoms with Crippen LogP contribution in [0.4, 0.5) is 17.1 Å². The highest BCUT2D eigenvalue weighted by molar-refractivity contribution is 6.03. The zero-order valence-electron chi connectivity index (χ0n) is 31.1. The zero-order valence-corrected chi connectivity index (χ0v) is 31.1. The number of rotatable bonds is 6. The maximum absolute atomic E-state index is 5.10. The Bertz CT molecular complexity index is 2830. The molecule has 1 aromatic heterocycles. The Labute approximate surface area is 322 Å². The van der Waals surface area contributed by atoms with Gasteiger partial charge in [-0.25, -0.2) is 0 Å². The minimum Gasteiger partial charge on any atom is -0.310 e. The summed E-state index contributed by atoms with van der Waals surface area (Å²) < 4.78 is 0. The molecule has 9 aromatic rings. The Morgan fingerprint density at radius 3 is 1.65 bits per heavy atom. The molecule has 55 heavy (non-hydrogen) atoms. The van der Waals surface area contributed by atoms with E-state index >= 15 is 0 Å². The summed E-state index contributed by atoms with van der Waals surface area (Å²) in [5.41, 5.74) is 15.5. The Kier molecular flexibility index (Phi) is 8.11. The lowest BCUT2D eigenvalue weighted by Gasteiger charge is -2.28. The highest BCUT2D eigenvalue weighted by Gasteiger charge is 2.21. The van der Waals surface area contributed by atoms with Crippen LogP contribution in [0.25, 0.3) is 71.9 Å². The number of aryl methyl sites for hydroxylation is 3. The van der Waals surface area contributed by atoms with Gasteiger partial charge in [-0.2, -0.15) is 0 Å². The number of pyridine rings is 1.